The van der Waals surface area contributed by atoms with E-state index in [1.54, 1.807) is 0 Å². The van der Waals surface area contributed by atoms with Gasteiger partial charge in [-0.3, -0.25) is 4.79 Å². The van der Waals surface area contributed by atoms with Crippen molar-refractivity contribution in [2.24, 2.45) is 0 Å². The molecule has 0 spiro atoms. The van der Waals surface area contributed by atoms with Crippen LogP contribution < -0.4 is 50.8 Å². The smallest absolute Gasteiger partial charge is 0.296 e. The summed E-state index contributed by atoms with van der Waals surface area (Å²) >= 11 is 1.53. The molecule has 6 heteroatoms. The van der Waals surface area contributed by atoms with Crippen LogP contribution in [0.25, 0.3) is 11.4 Å². The van der Waals surface area contributed by atoms with Gasteiger partial charge in [-0.2, -0.15) is 0 Å². The van der Waals surface area contributed by atoms with Gasteiger partial charge in [-0.15, -0.1) is 11.8 Å². The summed E-state index contributed by atoms with van der Waals surface area (Å²) in [5, 5.41) is 4.88. The maximum Gasteiger partial charge on any atom is 0.296 e. The number of benzene rings is 4. The Morgan fingerprint density at radius 3 is 1.46 bits per heavy atom. The summed E-state index contributed by atoms with van der Waals surface area (Å²) in [6, 6.07) is 41.0. The van der Waals surface area contributed by atoms with Crippen molar-refractivity contribution >= 4 is 40.2 Å². The minimum Gasteiger partial charge on any atom is -1.00 e. The second-order valence-corrected chi connectivity index (χ2v) is 11.9. The van der Waals surface area contributed by atoms with Crippen molar-refractivity contribution < 1.29 is 24.0 Å². The molecule has 0 saturated carbocycles. The lowest BCUT2D eigenvalue weighted by Gasteiger charge is -2.27. The lowest BCUT2D eigenvalue weighted by atomic mass is 10.2. The van der Waals surface area contributed by atoms with Gasteiger partial charge in [-0.05, 0) is 42.7 Å². The molecule has 174 valence electrons. The van der Waals surface area contributed by atoms with Crippen LogP contribution in [0.5, 0.6) is 0 Å². The van der Waals surface area contributed by atoms with Crippen molar-refractivity contribution in [1.82, 2.24) is 9.97 Å². The molecule has 0 aliphatic rings. The first-order valence-corrected chi connectivity index (χ1v) is 14.1. The van der Waals surface area contributed by atoms with E-state index in [4.69, 9.17) is 4.98 Å². The average molecular weight is 606 g/mol. The van der Waals surface area contributed by atoms with Gasteiger partial charge < -0.3 is 29.0 Å². The van der Waals surface area contributed by atoms with Crippen molar-refractivity contribution in [2.75, 3.05) is 6.26 Å². The summed E-state index contributed by atoms with van der Waals surface area (Å²) in [6.07, 6.45) is 2.00. The van der Waals surface area contributed by atoms with Gasteiger partial charge in [0.1, 0.15) is 26.8 Å². The van der Waals surface area contributed by atoms with Crippen LogP contribution in [0.2, 0.25) is 0 Å². The van der Waals surface area contributed by atoms with Crippen LogP contribution in [0.15, 0.2) is 131 Å². The Hall–Kier alpha value is -2.73. The lowest BCUT2D eigenvalue weighted by Crippen LogP contribution is -3.00. The summed E-state index contributed by atoms with van der Waals surface area (Å²) in [4.78, 5) is 22.2. The number of nitrogens with zero attached hydrogens (tertiary/aromatic N) is 1. The van der Waals surface area contributed by atoms with E-state index in [1.165, 1.54) is 11.8 Å². The number of hydrogen-bond donors (Lipinski definition) is 1. The standard InChI is InChI=1S/C29H23N2OPS.HI/c1-34-29-26(28(32)30-27(31-29)22-14-6-2-7-15-22)33(23-16-8-3-9-17-23,24-18-10-4-11-19-24)25-20-12-5-13-21-25;/h2-21H,1H3;1H. The molecule has 1 aromatic heterocycles. The quantitative estimate of drug-likeness (QED) is 0.139. The van der Waals surface area contributed by atoms with Gasteiger partial charge >= 0.3 is 0 Å². The number of hydrogen-bond acceptors (Lipinski definition) is 3. The Morgan fingerprint density at radius 2 is 1.06 bits per heavy atom. The van der Waals surface area contributed by atoms with E-state index in [-0.39, 0.29) is 29.5 Å². The number of nitrogens with one attached hydrogen (secondary N) is 1. The highest BCUT2D eigenvalue weighted by atomic mass is 127. The zero-order valence-electron chi connectivity index (χ0n) is 19.1. The van der Waals surface area contributed by atoms with Crippen LogP contribution in [0.1, 0.15) is 0 Å². The predicted octanol–water partition coefficient (Wildman–Crippen LogP) is 1.78. The summed E-state index contributed by atoms with van der Waals surface area (Å²) in [7, 11) is -2.54. The fourth-order valence-corrected chi connectivity index (χ4v) is 9.78. The maximum atomic E-state index is 14.1. The first kappa shape index (κ1) is 25.4. The van der Waals surface area contributed by atoms with E-state index in [0.29, 0.717) is 5.82 Å². The predicted molar refractivity (Wildman–Crippen MR) is 147 cm³/mol. The third kappa shape index (κ3) is 4.73. The molecule has 0 radical (unpaired) electrons. The maximum absolute atomic E-state index is 14.1. The van der Waals surface area contributed by atoms with Gasteiger partial charge in [0, 0.05) is 5.56 Å². The molecule has 0 aliphatic heterocycles. The van der Waals surface area contributed by atoms with Crippen molar-refractivity contribution in [2.45, 2.75) is 5.03 Å². The third-order valence-electron chi connectivity index (χ3n) is 5.87. The number of rotatable bonds is 6. The Kier molecular flexibility index (Phi) is 8.22. The monoisotopic (exact) mass is 606 g/mol. The first-order valence-electron chi connectivity index (χ1n) is 11.1. The number of aromatic nitrogens is 2. The molecule has 0 atom stereocenters. The highest BCUT2D eigenvalue weighted by Crippen LogP contribution is 2.54. The molecule has 5 aromatic rings. The average Bonchev–Trinajstić information content (AvgIpc) is 2.92. The molecule has 5 rings (SSSR count). The van der Waals surface area contributed by atoms with E-state index in [0.717, 1.165) is 31.8 Å². The van der Waals surface area contributed by atoms with Crippen LogP contribution in [-0.2, 0) is 0 Å². The minimum absolute atomic E-state index is 0. The zero-order valence-corrected chi connectivity index (χ0v) is 23.0. The van der Waals surface area contributed by atoms with Gasteiger partial charge in [0.2, 0.25) is 5.30 Å². The van der Waals surface area contributed by atoms with E-state index in [2.05, 4.69) is 77.8 Å². The molecule has 0 aliphatic carbocycles. The molecular formula is C29H24IN2OPS. The minimum atomic E-state index is -2.54. The first-order chi connectivity index (χ1) is 16.7. The van der Waals surface area contributed by atoms with Gasteiger partial charge in [0.25, 0.3) is 5.56 Å². The number of thioether (sulfide) groups is 1. The molecule has 4 aromatic carbocycles. The summed E-state index contributed by atoms with van der Waals surface area (Å²) < 4.78 is 0. The number of aromatic amines is 1. The Bertz CT molecular complexity index is 1350. The van der Waals surface area contributed by atoms with Crippen LogP contribution in [-0.4, -0.2) is 16.2 Å². The van der Waals surface area contributed by atoms with Crippen LogP contribution >= 0.6 is 19.0 Å². The molecule has 0 unspecified atom stereocenters. The van der Waals surface area contributed by atoms with Gasteiger partial charge in [0.15, 0.2) is 7.26 Å². The Morgan fingerprint density at radius 1 is 0.657 bits per heavy atom. The number of halogens is 1. The highest BCUT2D eigenvalue weighted by Gasteiger charge is 2.52. The zero-order chi connectivity index (χ0) is 23.4. The molecule has 1 heterocycles. The van der Waals surface area contributed by atoms with E-state index >= 15 is 0 Å². The van der Waals surface area contributed by atoms with E-state index in [1.807, 2.05) is 54.8 Å². The van der Waals surface area contributed by atoms with Crippen molar-refractivity contribution in [1.29, 1.82) is 0 Å². The highest BCUT2D eigenvalue weighted by molar-refractivity contribution is 8.04. The summed E-state index contributed by atoms with van der Waals surface area (Å²) in [5.41, 5.74) is 0.799. The molecule has 0 fully saturated rings. The molecule has 0 amide bonds. The Balaban J connectivity index is 0.00000289. The fourth-order valence-electron chi connectivity index (χ4n) is 4.41. The number of H-pyrrole nitrogens is 1. The third-order valence-corrected chi connectivity index (χ3v) is 11.0. The summed E-state index contributed by atoms with van der Waals surface area (Å²) in [6.45, 7) is 0. The lowest BCUT2D eigenvalue weighted by molar-refractivity contribution is -0.00000669. The SMILES string of the molecule is CSc1nc(-c2ccccc2)[nH]c(=O)c1[P+](c1ccccc1)(c1ccccc1)c1ccccc1.[I-]. The van der Waals surface area contributed by atoms with Crippen molar-refractivity contribution in [3.63, 3.8) is 0 Å². The Labute approximate surface area is 227 Å². The normalized spacial score (nSPS) is 11.0. The van der Waals surface area contributed by atoms with Crippen molar-refractivity contribution in [3.8, 4) is 11.4 Å². The van der Waals surface area contributed by atoms with Crippen LogP contribution in [0.4, 0.5) is 0 Å². The second-order valence-electron chi connectivity index (χ2n) is 7.82. The van der Waals surface area contributed by atoms with Crippen LogP contribution in [0.3, 0.4) is 0 Å². The second kappa shape index (κ2) is 11.3. The topological polar surface area (TPSA) is 45.8 Å². The van der Waals surface area contributed by atoms with Gasteiger partial charge in [-0.1, -0.05) is 84.9 Å². The molecule has 0 bridgehead atoms. The molecular weight excluding hydrogens is 582 g/mol. The van der Waals surface area contributed by atoms with Crippen LogP contribution in [0, 0.1) is 0 Å². The molecule has 35 heavy (non-hydrogen) atoms. The van der Waals surface area contributed by atoms with Gasteiger partial charge in [0.05, 0.1) is 0 Å². The fraction of sp³-hybridized carbons (Fsp3) is 0.0345. The largest absolute Gasteiger partial charge is 1.00 e. The van der Waals surface area contributed by atoms with Crippen molar-refractivity contribution in [3.05, 3.63) is 132 Å². The molecule has 0 saturated heterocycles. The van der Waals surface area contributed by atoms with Gasteiger partial charge in [-0.25, -0.2) is 4.98 Å². The van der Waals surface area contributed by atoms with E-state index in [9.17, 15) is 4.79 Å². The molecule has 3 nitrogen and oxygen atoms in total. The summed E-state index contributed by atoms with van der Waals surface area (Å²) in [5.74, 6) is 0.589. The molecule has 1 N–H and O–H groups in total. The van der Waals surface area contributed by atoms with E-state index < -0.39 is 7.26 Å².